The normalized spacial score (nSPS) is 12.5. The fourth-order valence-electron chi connectivity index (χ4n) is 3.36. The zero-order chi connectivity index (χ0) is 30.1. The van der Waals surface area contributed by atoms with Crippen LogP contribution in [-0.2, 0) is 35.0 Å². The van der Waals surface area contributed by atoms with Crippen LogP contribution >= 0.6 is 0 Å². The molecule has 0 bridgehead atoms. The number of hydrogen-bond donors (Lipinski definition) is 1. The standard InChI is InChI=1S/C30H47NO9/c1-8-22(6)19-38-30(35)37-16-15-31-24(29(34)36-7)17-23-11-12-25(39-27(32)13-9-20(2)3)26(18-23)40-28(33)14-10-21(4)5/h11-12,18,20-22,24,31H,8-10,13-17,19H2,1-7H3/t22?,24-/m0/s1. The fraction of sp³-hybridized carbons (Fsp3) is 0.667. The molecule has 1 N–H and O–H groups in total. The number of rotatable bonds is 18. The first kappa shape index (κ1) is 34.9. The Balaban J connectivity index is 2.92. The molecule has 0 aliphatic heterocycles. The smallest absolute Gasteiger partial charge is 0.468 e. The molecule has 0 saturated carbocycles. The van der Waals surface area contributed by atoms with Gasteiger partial charge in [-0.1, -0.05) is 54.0 Å². The Hall–Kier alpha value is -3.14. The second kappa shape index (κ2) is 19.0. The average Bonchev–Trinajstić information content (AvgIpc) is 2.91. The first-order chi connectivity index (χ1) is 18.9. The highest BCUT2D eigenvalue weighted by Gasteiger charge is 2.22. The molecule has 0 heterocycles. The van der Waals surface area contributed by atoms with E-state index in [1.165, 1.54) is 7.11 Å². The highest BCUT2D eigenvalue weighted by molar-refractivity contribution is 5.77. The number of esters is 3. The summed E-state index contributed by atoms with van der Waals surface area (Å²) in [5, 5.41) is 3.02. The quantitative estimate of drug-likeness (QED) is 0.143. The maximum absolute atomic E-state index is 12.5. The molecular weight excluding hydrogens is 518 g/mol. The first-order valence-electron chi connectivity index (χ1n) is 14.1. The van der Waals surface area contributed by atoms with E-state index in [0.29, 0.717) is 30.2 Å². The molecule has 0 aliphatic rings. The van der Waals surface area contributed by atoms with E-state index in [9.17, 15) is 19.2 Å². The number of benzene rings is 1. The van der Waals surface area contributed by atoms with Crippen LogP contribution in [0.2, 0.25) is 0 Å². The van der Waals surface area contributed by atoms with Crippen LogP contribution in [0.15, 0.2) is 18.2 Å². The molecule has 2 atom stereocenters. The lowest BCUT2D eigenvalue weighted by Gasteiger charge is -2.18. The van der Waals surface area contributed by atoms with Crippen LogP contribution in [-0.4, -0.2) is 57.0 Å². The zero-order valence-electron chi connectivity index (χ0n) is 25.1. The van der Waals surface area contributed by atoms with E-state index in [0.717, 1.165) is 6.42 Å². The van der Waals surface area contributed by atoms with Crippen molar-refractivity contribution in [1.82, 2.24) is 5.32 Å². The number of ether oxygens (including phenoxy) is 5. The summed E-state index contributed by atoms with van der Waals surface area (Å²) in [4.78, 5) is 49.0. The summed E-state index contributed by atoms with van der Waals surface area (Å²) in [6, 6.07) is 4.06. The minimum absolute atomic E-state index is 0.00316. The Labute approximate surface area is 238 Å². The van der Waals surface area contributed by atoms with E-state index in [1.807, 2.05) is 41.5 Å². The third kappa shape index (κ3) is 14.9. The van der Waals surface area contributed by atoms with Gasteiger partial charge in [0.1, 0.15) is 12.6 Å². The molecule has 0 radical (unpaired) electrons. The van der Waals surface area contributed by atoms with Crippen molar-refractivity contribution in [3.05, 3.63) is 23.8 Å². The predicted molar refractivity (Wildman–Crippen MR) is 150 cm³/mol. The molecule has 0 fully saturated rings. The van der Waals surface area contributed by atoms with Crippen molar-refractivity contribution in [2.45, 2.75) is 86.1 Å². The molecule has 1 rings (SSSR count). The number of methoxy groups -OCH3 is 1. The average molecular weight is 566 g/mol. The third-order valence-electron chi connectivity index (χ3n) is 6.13. The molecule has 1 unspecified atom stereocenters. The van der Waals surface area contributed by atoms with E-state index in [2.05, 4.69) is 5.32 Å². The van der Waals surface area contributed by atoms with Gasteiger partial charge in [-0.3, -0.25) is 14.4 Å². The van der Waals surface area contributed by atoms with Gasteiger partial charge in [-0.25, -0.2) is 4.79 Å². The lowest BCUT2D eigenvalue weighted by atomic mass is 10.0. The van der Waals surface area contributed by atoms with Crippen LogP contribution in [0.4, 0.5) is 4.79 Å². The van der Waals surface area contributed by atoms with Gasteiger partial charge in [0.15, 0.2) is 11.5 Å². The van der Waals surface area contributed by atoms with Crippen LogP contribution < -0.4 is 14.8 Å². The van der Waals surface area contributed by atoms with Gasteiger partial charge >= 0.3 is 24.1 Å². The summed E-state index contributed by atoms with van der Waals surface area (Å²) in [5.74, 6) is -0.218. The number of hydrogen-bond acceptors (Lipinski definition) is 10. The monoisotopic (exact) mass is 565 g/mol. The summed E-state index contributed by atoms with van der Waals surface area (Å²) in [6.07, 6.45) is 2.09. The van der Waals surface area contributed by atoms with Crippen molar-refractivity contribution in [1.29, 1.82) is 0 Å². The van der Waals surface area contributed by atoms with E-state index < -0.39 is 30.1 Å². The van der Waals surface area contributed by atoms with Crippen LogP contribution in [0.5, 0.6) is 11.5 Å². The van der Waals surface area contributed by atoms with Crippen molar-refractivity contribution in [2.24, 2.45) is 17.8 Å². The van der Waals surface area contributed by atoms with Crippen LogP contribution in [0.1, 0.15) is 79.2 Å². The Morgan fingerprint density at radius 1 is 0.850 bits per heavy atom. The summed E-state index contributed by atoms with van der Waals surface area (Å²) >= 11 is 0. The summed E-state index contributed by atoms with van der Waals surface area (Å²) < 4.78 is 26.1. The molecular formula is C30H47NO9. The number of carbonyl (C=O) groups is 4. The molecule has 0 spiro atoms. The number of nitrogens with one attached hydrogen (secondary N) is 1. The van der Waals surface area contributed by atoms with E-state index in [4.69, 9.17) is 23.7 Å². The Kier molecular flexibility index (Phi) is 16.6. The first-order valence-corrected chi connectivity index (χ1v) is 14.1. The molecule has 0 aromatic heterocycles. The van der Waals surface area contributed by atoms with E-state index >= 15 is 0 Å². The van der Waals surface area contributed by atoms with Crippen molar-refractivity contribution in [3.63, 3.8) is 0 Å². The Bertz CT molecular complexity index is 945. The SMILES string of the molecule is CCC(C)COC(=O)OCCN[C@@H](Cc1ccc(OC(=O)CCC(C)C)c(OC(=O)CCC(C)C)c1)C(=O)OC. The summed E-state index contributed by atoms with van der Waals surface area (Å²) in [5.41, 5.74) is 0.644. The number of carbonyl (C=O) groups excluding carboxylic acids is 4. The van der Waals surface area contributed by atoms with Gasteiger partial charge in [0.05, 0.1) is 13.7 Å². The van der Waals surface area contributed by atoms with Gasteiger partial charge in [-0.05, 0) is 54.7 Å². The Morgan fingerprint density at radius 3 is 2.00 bits per heavy atom. The lowest BCUT2D eigenvalue weighted by Crippen LogP contribution is -2.41. The van der Waals surface area contributed by atoms with Crippen molar-refractivity contribution in [3.8, 4) is 11.5 Å². The minimum Gasteiger partial charge on any atom is -0.468 e. The highest BCUT2D eigenvalue weighted by Crippen LogP contribution is 2.30. The van der Waals surface area contributed by atoms with Gasteiger partial charge < -0.3 is 29.0 Å². The third-order valence-corrected chi connectivity index (χ3v) is 6.13. The molecule has 226 valence electrons. The Morgan fingerprint density at radius 2 is 1.45 bits per heavy atom. The van der Waals surface area contributed by atoms with Crippen LogP contribution in [0, 0.1) is 17.8 Å². The topological polar surface area (TPSA) is 126 Å². The van der Waals surface area contributed by atoms with Crippen LogP contribution in [0.3, 0.4) is 0 Å². The molecule has 1 aromatic carbocycles. The predicted octanol–water partition coefficient (Wildman–Crippen LogP) is 5.24. The highest BCUT2D eigenvalue weighted by atomic mass is 16.7. The molecule has 10 heteroatoms. The van der Waals surface area contributed by atoms with E-state index in [1.54, 1.807) is 18.2 Å². The molecule has 0 saturated heterocycles. The van der Waals surface area contributed by atoms with Crippen molar-refractivity contribution < 1.29 is 42.9 Å². The minimum atomic E-state index is -0.770. The fourth-order valence-corrected chi connectivity index (χ4v) is 3.36. The summed E-state index contributed by atoms with van der Waals surface area (Å²) in [7, 11) is 1.28. The molecule has 40 heavy (non-hydrogen) atoms. The molecule has 10 nitrogen and oxygen atoms in total. The zero-order valence-corrected chi connectivity index (χ0v) is 25.1. The van der Waals surface area contributed by atoms with Gasteiger partial charge in [-0.15, -0.1) is 0 Å². The lowest BCUT2D eigenvalue weighted by molar-refractivity contribution is -0.143. The molecule has 0 amide bonds. The van der Waals surface area contributed by atoms with Crippen molar-refractivity contribution >= 4 is 24.1 Å². The largest absolute Gasteiger partial charge is 0.508 e. The van der Waals surface area contributed by atoms with Crippen molar-refractivity contribution in [2.75, 3.05) is 26.9 Å². The summed E-state index contributed by atoms with van der Waals surface area (Å²) in [6.45, 7) is 12.5. The molecule has 0 aliphatic carbocycles. The van der Waals surface area contributed by atoms with Gasteiger partial charge in [0.25, 0.3) is 0 Å². The molecule has 1 aromatic rings. The maximum Gasteiger partial charge on any atom is 0.508 e. The second-order valence-corrected chi connectivity index (χ2v) is 10.8. The second-order valence-electron chi connectivity index (χ2n) is 10.8. The maximum atomic E-state index is 12.5. The van der Waals surface area contributed by atoms with Gasteiger partial charge in [0, 0.05) is 19.4 Å². The van der Waals surface area contributed by atoms with E-state index in [-0.39, 0.29) is 56.4 Å². The van der Waals surface area contributed by atoms with Gasteiger partial charge in [0.2, 0.25) is 0 Å². The van der Waals surface area contributed by atoms with Gasteiger partial charge in [-0.2, -0.15) is 0 Å². The van der Waals surface area contributed by atoms with Crippen LogP contribution in [0.25, 0.3) is 0 Å².